The highest BCUT2D eigenvalue weighted by molar-refractivity contribution is 6.32. The van der Waals surface area contributed by atoms with Crippen molar-refractivity contribution in [1.82, 2.24) is 0 Å². The summed E-state index contributed by atoms with van der Waals surface area (Å²) in [7, 11) is 1.54. The second-order valence-electron chi connectivity index (χ2n) is 2.92. The van der Waals surface area contributed by atoms with E-state index in [1.807, 2.05) is 6.07 Å². The van der Waals surface area contributed by atoms with Crippen molar-refractivity contribution in [2.24, 2.45) is 0 Å². The third-order valence-electron chi connectivity index (χ3n) is 1.96. The van der Waals surface area contributed by atoms with Crippen molar-refractivity contribution in [2.45, 2.75) is 12.8 Å². The summed E-state index contributed by atoms with van der Waals surface area (Å²) in [5.41, 5.74) is 0.817. The smallest absolute Gasteiger partial charge is 0.140 e. The minimum absolute atomic E-state index is 0.173. The van der Waals surface area contributed by atoms with Crippen LogP contribution in [0.3, 0.4) is 0 Å². The Morgan fingerprint density at radius 3 is 2.77 bits per heavy atom. The molecule has 1 nitrogen and oxygen atoms in total. The van der Waals surface area contributed by atoms with E-state index in [1.165, 1.54) is 7.11 Å². The lowest BCUT2D eigenvalue weighted by Crippen LogP contribution is -1.99. The van der Waals surface area contributed by atoms with Crippen LogP contribution in [0.2, 0.25) is 5.02 Å². The van der Waals surface area contributed by atoms with Gasteiger partial charge in [0, 0.05) is 11.5 Å². The molecule has 0 spiro atoms. The Labute approximate surface area is 82.5 Å². The first-order valence-electron chi connectivity index (χ1n) is 4.09. The molecule has 1 atom stereocenters. The van der Waals surface area contributed by atoms with E-state index in [4.69, 9.17) is 16.3 Å². The number of rotatable bonds is 3. The average molecular weight is 203 g/mol. The van der Waals surface area contributed by atoms with E-state index in [0.29, 0.717) is 10.8 Å². The van der Waals surface area contributed by atoms with Crippen molar-refractivity contribution in [2.75, 3.05) is 13.8 Å². The summed E-state index contributed by atoms with van der Waals surface area (Å²) in [6, 6.07) is 5.36. The van der Waals surface area contributed by atoms with Gasteiger partial charge in [-0.2, -0.15) is 0 Å². The summed E-state index contributed by atoms with van der Waals surface area (Å²) in [6.45, 7) is 1.39. The summed E-state index contributed by atoms with van der Waals surface area (Å²) >= 11 is 5.88. The molecular formula is C10H12ClFO. The Bertz CT molecular complexity index is 288. The van der Waals surface area contributed by atoms with E-state index in [2.05, 4.69) is 0 Å². The van der Waals surface area contributed by atoms with Gasteiger partial charge in [-0.3, -0.25) is 4.39 Å². The van der Waals surface area contributed by atoms with Crippen molar-refractivity contribution < 1.29 is 9.13 Å². The maximum atomic E-state index is 12.4. The third kappa shape index (κ3) is 2.13. The van der Waals surface area contributed by atoms with E-state index in [9.17, 15) is 4.39 Å². The van der Waals surface area contributed by atoms with Crippen LogP contribution in [0.4, 0.5) is 4.39 Å². The van der Waals surface area contributed by atoms with Gasteiger partial charge in [-0.05, 0) is 6.07 Å². The fourth-order valence-electron chi connectivity index (χ4n) is 1.21. The van der Waals surface area contributed by atoms with Crippen molar-refractivity contribution in [3.8, 4) is 5.75 Å². The summed E-state index contributed by atoms with van der Waals surface area (Å²) in [6.07, 6.45) is 0. The fourth-order valence-corrected chi connectivity index (χ4v) is 1.47. The number of hydrogen-bond donors (Lipinski definition) is 0. The Morgan fingerprint density at radius 1 is 1.54 bits per heavy atom. The molecule has 0 heterocycles. The van der Waals surface area contributed by atoms with Gasteiger partial charge in [0.05, 0.1) is 18.8 Å². The van der Waals surface area contributed by atoms with Crippen LogP contribution in [-0.2, 0) is 0 Å². The monoisotopic (exact) mass is 202 g/mol. The zero-order valence-electron chi connectivity index (χ0n) is 7.68. The largest absolute Gasteiger partial charge is 0.495 e. The summed E-state index contributed by atoms with van der Waals surface area (Å²) in [5, 5.41) is 0.528. The van der Waals surface area contributed by atoms with Gasteiger partial charge in [0.15, 0.2) is 0 Å². The Morgan fingerprint density at radius 2 is 2.23 bits per heavy atom. The van der Waals surface area contributed by atoms with Gasteiger partial charge >= 0.3 is 0 Å². The number of para-hydroxylation sites is 1. The molecular weight excluding hydrogens is 191 g/mol. The molecule has 0 aliphatic carbocycles. The van der Waals surface area contributed by atoms with Gasteiger partial charge < -0.3 is 4.74 Å². The zero-order valence-corrected chi connectivity index (χ0v) is 8.44. The predicted octanol–water partition coefficient (Wildman–Crippen LogP) is 3.42. The van der Waals surface area contributed by atoms with Crippen molar-refractivity contribution >= 4 is 11.6 Å². The van der Waals surface area contributed by atoms with E-state index in [1.54, 1.807) is 19.1 Å². The van der Waals surface area contributed by atoms with Crippen molar-refractivity contribution in [3.63, 3.8) is 0 Å². The standard InChI is InChI=1S/C10H12ClFO/c1-7(6-12)8-4-3-5-9(11)10(8)13-2/h3-5,7H,6H2,1-2H3. The second-order valence-corrected chi connectivity index (χ2v) is 3.32. The second kappa shape index (κ2) is 4.47. The van der Waals surface area contributed by atoms with Crippen LogP contribution in [0.5, 0.6) is 5.75 Å². The van der Waals surface area contributed by atoms with Crippen LogP contribution in [0.15, 0.2) is 18.2 Å². The molecule has 1 rings (SSSR count). The van der Waals surface area contributed by atoms with Crippen LogP contribution in [-0.4, -0.2) is 13.8 Å². The molecule has 0 bridgehead atoms. The molecule has 13 heavy (non-hydrogen) atoms. The lowest BCUT2D eigenvalue weighted by atomic mass is 10.0. The number of ether oxygens (including phenoxy) is 1. The van der Waals surface area contributed by atoms with E-state index < -0.39 is 6.67 Å². The summed E-state index contributed by atoms with van der Waals surface area (Å²) < 4.78 is 17.5. The Balaban J connectivity index is 3.12. The molecule has 0 aliphatic rings. The van der Waals surface area contributed by atoms with Gasteiger partial charge in [0.25, 0.3) is 0 Å². The highest BCUT2D eigenvalue weighted by Crippen LogP contribution is 2.33. The minimum atomic E-state index is -0.406. The lowest BCUT2D eigenvalue weighted by molar-refractivity contribution is 0.393. The first-order valence-corrected chi connectivity index (χ1v) is 4.46. The maximum absolute atomic E-state index is 12.4. The van der Waals surface area contributed by atoms with Crippen LogP contribution in [0.25, 0.3) is 0 Å². The van der Waals surface area contributed by atoms with E-state index in [0.717, 1.165) is 5.56 Å². The number of benzene rings is 1. The van der Waals surface area contributed by atoms with Crippen molar-refractivity contribution in [3.05, 3.63) is 28.8 Å². The van der Waals surface area contributed by atoms with Gasteiger partial charge in [-0.25, -0.2) is 0 Å². The van der Waals surface area contributed by atoms with Crippen molar-refractivity contribution in [1.29, 1.82) is 0 Å². The first-order chi connectivity index (χ1) is 6.20. The van der Waals surface area contributed by atoms with Gasteiger partial charge in [0.1, 0.15) is 5.75 Å². The Hall–Kier alpha value is -0.760. The minimum Gasteiger partial charge on any atom is -0.495 e. The van der Waals surface area contributed by atoms with E-state index >= 15 is 0 Å². The average Bonchev–Trinajstić information content (AvgIpc) is 2.16. The van der Waals surface area contributed by atoms with Crippen LogP contribution < -0.4 is 4.74 Å². The number of halogens is 2. The SMILES string of the molecule is COc1c(Cl)cccc1C(C)CF. The molecule has 0 N–H and O–H groups in total. The van der Waals surface area contributed by atoms with Crippen LogP contribution in [0.1, 0.15) is 18.4 Å². The molecule has 1 aromatic rings. The van der Waals surface area contributed by atoms with Gasteiger partial charge in [-0.1, -0.05) is 30.7 Å². The fraction of sp³-hybridized carbons (Fsp3) is 0.400. The molecule has 0 aromatic heterocycles. The molecule has 0 fully saturated rings. The van der Waals surface area contributed by atoms with Crippen LogP contribution in [0, 0.1) is 0 Å². The molecule has 0 saturated heterocycles. The summed E-state index contributed by atoms with van der Waals surface area (Å²) in [5.74, 6) is 0.406. The zero-order chi connectivity index (χ0) is 9.84. The number of hydrogen-bond acceptors (Lipinski definition) is 1. The molecule has 3 heteroatoms. The molecule has 0 aliphatic heterocycles. The maximum Gasteiger partial charge on any atom is 0.140 e. The normalized spacial score (nSPS) is 12.6. The lowest BCUT2D eigenvalue weighted by Gasteiger charge is -2.13. The van der Waals surface area contributed by atoms with Gasteiger partial charge in [-0.15, -0.1) is 0 Å². The summed E-state index contributed by atoms with van der Waals surface area (Å²) in [4.78, 5) is 0. The topological polar surface area (TPSA) is 9.23 Å². The molecule has 0 amide bonds. The molecule has 72 valence electrons. The molecule has 0 saturated carbocycles. The number of alkyl halides is 1. The molecule has 1 unspecified atom stereocenters. The van der Waals surface area contributed by atoms with Crippen LogP contribution >= 0.6 is 11.6 Å². The number of methoxy groups -OCH3 is 1. The predicted molar refractivity (Wildman–Crippen MR) is 52.4 cm³/mol. The molecule has 0 radical (unpaired) electrons. The highest BCUT2D eigenvalue weighted by atomic mass is 35.5. The first kappa shape index (κ1) is 10.3. The Kier molecular flexibility index (Phi) is 3.55. The van der Waals surface area contributed by atoms with Gasteiger partial charge in [0.2, 0.25) is 0 Å². The molecule has 1 aromatic carbocycles. The third-order valence-corrected chi connectivity index (χ3v) is 2.26. The quantitative estimate of drug-likeness (QED) is 0.730. The van der Waals surface area contributed by atoms with E-state index in [-0.39, 0.29) is 5.92 Å². The highest BCUT2D eigenvalue weighted by Gasteiger charge is 2.13.